The third-order valence-electron chi connectivity index (χ3n) is 4.74. The molecule has 2 aromatic heterocycles. The number of Topliss-reactive ketones (excluding diaryl/α,β-unsaturated/α-hetero) is 1. The van der Waals surface area contributed by atoms with Crippen LogP contribution in [0.15, 0.2) is 40.4 Å². The average molecular weight is 487 g/mol. The highest BCUT2D eigenvalue weighted by atomic mass is 32.2. The third-order valence-corrected chi connectivity index (χ3v) is 5.91. The van der Waals surface area contributed by atoms with Crippen molar-refractivity contribution >= 4 is 26.7 Å². The minimum atomic E-state index is -4.82. The number of sulfonamides is 1. The normalized spacial score (nSPS) is 12.2. The van der Waals surface area contributed by atoms with Crippen LogP contribution in [0.2, 0.25) is 0 Å². The van der Waals surface area contributed by atoms with Crippen molar-refractivity contribution in [1.82, 2.24) is 19.2 Å². The topological polar surface area (TPSA) is 136 Å². The number of carbonyl (C=O) groups excluding carboxylic acids is 1. The molecular weight excluding hydrogens is 467 g/mol. The maximum absolute atomic E-state index is 13.6. The minimum absolute atomic E-state index is 0.0201. The number of alkyl halides is 3. The van der Waals surface area contributed by atoms with Crippen LogP contribution in [0.25, 0.3) is 16.6 Å². The maximum atomic E-state index is 13.6. The number of carbonyl (C=O) groups is 1. The Morgan fingerprint density at radius 1 is 1.21 bits per heavy atom. The predicted molar refractivity (Wildman–Crippen MR) is 113 cm³/mol. The number of nitrogens with zero attached hydrogens (tertiary/aromatic N) is 3. The van der Waals surface area contributed by atoms with Gasteiger partial charge in [-0.05, 0) is 18.6 Å². The molecule has 1 aromatic carbocycles. The van der Waals surface area contributed by atoms with Crippen molar-refractivity contribution in [2.45, 2.75) is 38.8 Å². The lowest BCUT2D eigenvalue weighted by Crippen LogP contribution is -2.45. The van der Waals surface area contributed by atoms with Gasteiger partial charge in [0.1, 0.15) is 11.5 Å². The van der Waals surface area contributed by atoms with Crippen LogP contribution in [-0.4, -0.2) is 39.2 Å². The van der Waals surface area contributed by atoms with Gasteiger partial charge in [-0.25, -0.2) is 23.0 Å². The fraction of sp³-hybridized carbons (Fsp3) is 0.368. The van der Waals surface area contributed by atoms with Crippen molar-refractivity contribution in [2.24, 2.45) is 0 Å². The molecule has 0 spiro atoms. The first kappa shape index (κ1) is 24.2. The molecule has 33 heavy (non-hydrogen) atoms. The fourth-order valence-corrected chi connectivity index (χ4v) is 4.28. The SMILES string of the molecule is CCCCCC(=O)CS(=O)(=O)Nn1c(=O)[nH]c2cc(C(F)(F)F)c(-n3ccnc3)cc2c1=O. The number of hydrogen-bond donors (Lipinski definition) is 2. The number of nitrogens with one attached hydrogen (secondary N) is 2. The zero-order valence-electron chi connectivity index (χ0n) is 17.3. The van der Waals surface area contributed by atoms with E-state index in [-0.39, 0.29) is 16.5 Å². The number of hydrogen-bond acceptors (Lipinski definition) is 6. The molecule has 2 N–H and O–H groups in total. The summed E-state index contributed by atoms with van der Waals surface area (Å²) in [6.07, 6.45) is 0.826. The first-order valence-corrected chi connectivity index (χ1v) is 11.5. The summed E-state index contributed by atoms with van der Waals surface area (Å²) in [4.78, 5) is 44.5. The van der Waals surface area contributed by atoms with E-state index < -0.39 is 55.8 Å². The van der Waals surface area contributed by atoms with E-state index in [1.807, 2.05) is 6.92 Å². The van der Waals surface area contributed by atoms with Gasteiger partial charge in [-0.15, -0.1) is 0 Å². The Hall–Kier alpha value is -3.42. The molecule has 0 amide bonds. The summed E-state index contributed by atoms with van der Waals surface area (Å²) in [5.74, 6) is -1.55. The van der Waals surface area contributed by atoms with Crippen molar-refractivity contribution in [3.05, 3.63) is 57.3 Å². The van der Waals surface area contributed by atoms with Gasteiger partial charge in [-0.1, -0.05) is 19.8 Å². The van der Waals surface area contributed by atoms with Gasteiger partial charge in [-0.3, -0.25) is 9.59 Å². The molecule has 0 aliphatic heterocycles. The number of benzene rings is 1. The lowest BCUT2D eigenvalue weighted by molar-refractivity contribution is -0.137. The molecule has 3 rings (SSSR count). The fourth-order valence-electron chi connectivity index (χ4n) is 3.21. The smallest absolute Gasteiger partial charge is 0.306 e. The summed E-state index contributed by atoms with van der Waals surface area (Å²) in [7, 11) is -4.42. The van der Waals surface area contributed by atoms with E-state index in [0.717, 1.165) is 29.8 Å². The van der Waals surface area contributed by atoms with E-state index in [9.17, 15) is 36.0 Å². The second-order valence-corrected chi connectivity index (χ2v) is 9.00. The second kappa shape index (κ2) is 9.21. The summed E-state index contributed by atoms with van der Waals surface area (Å²) in [6, 6.07) is 1.46. The molecule has 0 radical (unpaired) electrons. The Kier molecular flexibility index (Phi) is 6.76. The molecule has 10 nitrogen and oxygen atoms in total. The lowest BCUT2D eigenvalue weighted by Gasteiger charge is -2.15. The van der Waals surface area contributed by atoms with Crippen molar-refractivity contribution in [2.75, 3.05) is 10.6 Å². The van der Waals surface area contributed by atoms with Crippen LogP contribution in [0.1, 0.15) is 38.2 Å². The molecule has 0 atom stereocenters. The van der Waals surface area contributed by atoms with Gasteiger partial charge in [-0.2, -0.15) is 17.8 Å². The van der Waals surface area contributed by atoms with E-state index in [0.29, 0.717) is 12.5 Å². The minimum Gasteiger partial charge on any atom is -0.306 e. The molecule has 3 aromatic rings. The van der Waals surface area contributed by atoms with Gasteiger partial charge in [0.25, 0.3) is 15.6 Å². The van der Waals surface area contributed by atoms with Gasteiger partial charge >= 0.3 is 11.9 Å². The molecule has 2 heterocycles. The highest BCUT2D eigenvalue weighted by Crippen LogP contribution is 2.35. The molecule has 14 heteroatoms. The zero-order chi connectivity index (χ0) is 24.4. The number of halogens is 3. The Balaban J connectivity index is 2.06. The Morgan fingerprint density at radius 3 is 2.55 bits per heavy atom. The summed E-state index contributed by atoms with van der Waals surface area (Å²) in [6.45, 7) is 1.91. The number of aromatic amines is 1. The van der Waals surface area contributed by atoms with Crippen LogP contribution in [0.4, 0.5) is 13.2 Å². The first-order valence-electron chi connectivity index (χ1n) is 9.83. The van der Waals surface area contributed by atoms with Crippen molar-refractivity contribution in [1.29, 1.82) is 0 Å². The zero-order valence-corrected chi connectivity index (χ0v) is 18.2. The number of H-pyrrole nitrogens is 1. The van der Waals surface area contributed by atoms with Crippen LogP contribution in [-0.2, 0) is 21.0 Å². The van der Waals surface area contributed by atoms with Gasteiger partial charge in [0.05, 0.1) is 28.5 Å². The number of fused-ring (bicyclic) bond motifs is 1. The van der Waals surface area contributed by atoms with Crippen molar-refractivity contribution < 1.29 is 26.4 Å². The largest absolute Gasteiger partial charge is 0.418 e. The lowest BCUT2D eigenvalue weighted by atomic mass is 10.1. The average Bonchev–Trinajstić information content (AvgIpc) is 3.24. The van der Waals surface area contributed by atoms with Crippen LogP contribution in [0, 0.1) is 0 Å². The van der Waals surface area contributed by atoms with Crippen LogP contribution in [0.5, 0.6) is 0 Å². The summed E-state index contributed by atoms with van der Waals surface area (Å²) < 4.78 is 66.5. The Labute approximate surface area is 185 Å². The highest BCUT2D eigenvalue weighted by Gasteiger charge is 2.35. The second-order valence-electron chi connectivity index (χ2n) is 7.30. The van der Waals surface area contributed by atoms with E-state index >= 15 is 0 Å². The molecule has 0 aliphatic rings. The highest BCUT2D eigenvalue weighted by molar-refractivity contribution is 7.93. The number of aromatic nitrogens is 4. The van der Waals surface area contributed by atoms with Gasteiger partial charge in [0, 0.05) is 18.8 Å². The Bertz CT molecular complexity index is 1390. The third kappa shape index (κ3) is 5.50. The molecular formula is C19H20F3N5O5S. The molecule has 0 fully saturated rings. The monoisotopic (exact) mass is 487 g/mol. The standard InChI is InChI=1S/C19H20F3N5O5S/c1-2-3-4-5-12(28)10-33(31,32)25-27-17(29)13-8-16(26-7-6-23-11-26)14(19(20,21)22)9-15(13)24-18(27)30/h6-9,11,25H,2-5,10H2,1H3,(H,24,30). The molecule has 0 bridgehead atoms. The van der Waals surface area contributed by atoms with E-state index in [1.165, 1.54) is 12.4 Å². The Morgan fingerprint density at radius 2 is 1.94 bits per heavy atom. The van der Waals surface area contributed by atoms with Crippen molar-refractivity contribution in [3.8, 4) is 5.69 Å². The molecule has 0 unspecified atom stereocenters. The predicted octanol–water partition coefficient (Wildman–Crippen LogP) is 1.92. The van der Waals surface area contributed by atoms with Gasteiger partial charge in [0.2, 0.25) is 0 Å². The van der Waals surface area contributed by atoms with Crippen molar-refractivity contribution in [3.63, 3.8) is 0 Å². The van der Waals surface area contributed by atoms with Crippen LogP contribution >= 0.6 is 0 Å². The molecule has 0 saturated heterocycles. The summed E-state index contributed by atoms with van der Waals surface area (Å²) >= 11 is 0. The van der Waals surface area contributed by atoms with Gasteiger partial charge < -0.3 is 9.55 Å². The maximum Gasteiger partial charge on any atom is 0.418 e. The number of unbranched alkanes of at least 4 members (excludes halogenated alkanes) is 2. The summed E-state index contributed by atoms with van der Waals surface area (Å²) in [5, 5.41) is -0.386. The van der Waals surface area contributed by atoms with Gasteiger partial charge in [0.15, 0.2) is 0 Å². The molecule has 0 aliphatic carbocycles. The summed E-state index contributed by atoms with van der Waals surface area (Å²) in [5.41, 5.74) is -4.53. The first-order chi connectivity index (χ1) is 15.4. The quantitative estimate of drug-likeness (QED) is 0.443. The molecule has 178 valence electrons. The van der Waals surface area contributed by atoms with E-state index in [4.69, 9.17) is 0 Å². The van der Waals surface area contributed by atoms with E-state index in [1.54, 1.807) is 4.83 Å². The number of ketones is 1. The molecule has 0 saturated carbocycles. The van der Waals surface area contributed by atoms with Crippen LogP contribution < -0.4 is 16.1 Å². The number of rotatable bonds is 9. The van der Waals surface area contributed by atoms with E-state index in [2.05, 4.69) is 9.97 Å². The number of imidazole rings is 1. The van der Waals surface area contributed by atoms with Crippen LogP contribution in [0.3, 0.4) is 0 Å².